The SMILES string of the molecule is C=C/C=C(Br)\C=C\C.C=C/C=C(Br)\C=C\CC(=C)O.CC=C(C)C. The third-order valence-corrected chi connectivity index (χ3v) is 3.15. The van der Waals surface area contributed by atoms with E-state index < -0.39 is 0 Å². The Bertz CT molecular complexity index is 500. The molecule has 0 aromatic rings. The highest BCUT2D eigenvalue weighted by Gasteiger charge is 1.83. The zero-order chi connectivity index (χ0) is 19.4. The van der Waals surface area contributed by atoms with Gasteiger partial charge in [-0.3, -0.25) is 0 Å². The lowest BCUT2D eigenvalue weighted by Gasteiger charge is -1.88. The molecule has 0 aromatic carbocycles. The second kappa shape index (κ2) is 21.7. The Morgan fingerprint density at radius 2 is 1.38 bits per heavy atom. The molecule has 0 amide bonds. The molecule has 0 unspecified atom stereocenters. The van der Waals surface area contributed by atoms with Gasteiger partial charge in [-0.2, -0.15) is 0 Å². The molecule has 0 spiro atoms. The summed E-state index contributed by atoms with van der Waals surface area (Å²) in [6.07, 6.45) is 17.3. The molecule has 0 radical (unpaired) electrons. The van der Waals surface area contributed by atoms with Crippen LogP contribution in [0.1, 0.15) is 34.1 Å². The first kappa shape index (κ1) is 27.5. The minimum absolute atomic E-state index is 0.167. The summed E-state index contributed by atoms with van der Waals surface area (Å²) < 4.78 is 1.98. The van der Waals surface area contributed by atoms with Crippen molar-refractivity contribution in [3.05, 3.63) is 94.7 Å². The number of allylic oxidation sites excluding steroid dienone is 12. The van der Waals surface area contributed by atoms with E-state index in [1.165, 1.54) is 5.57 Å². The summed E-state index contributed by atoms with van der Waals surface area (Å²) in [5, 5.41) is 8.69. The van der Waals surface area contributed by atoms with Gasteiger partial charge in [0.2, 0.25) is 0 Å². The maximum Gasteiger partial charge on any atom is 0.0888 e. The van der Waals surface area contributed by atoms with Crippen LogP contribution in [0.3, 0.4) is 0 Å². The molecular formula is C21H30Br2O. The van der Waals surface area contributed by atoms with E-state index in [1.807, 2.05) is 50.3 Å². The van der Waals surface area contributed by atoms with E-state index >= 15 is 0 Å². The van der Waals surface area contributed by atoms with Crippen LogP contribution < -0.4 is 0 Å². The third-order valence-electron chi connectivity index (χ3n) is 2.09. The van der Waals surface area contributed by atoms with Crippen molar-refractivity contribution in [1.29, 1.82) is 0 Å². The van der Waals surface area contributed by atoms with Gasteiger partial charge in [0.05, 0.1) is 5.76 Å². The molecule has 0 rings (SSSR count). The second-order valence-electron chi connectivity index (χ2n) is 4.61. The molecule has 3 heteroatoms. The lowest BCUT2D eigenvalue weighted by atomic mass is 10.3. The quantitative estimate of drug-likeness (QED) is 0.241. The van der Waals surface area contributed by atoms with Crippen LogP contribution in [-0.4, -0.2) is 5.11 Å². The van der Waals surface area contributed by atoms with E-state index in [4.69, 9.17) is 5.11 Å². The van der Waals surface area contributed by atoms with Crippen molar-refractivity contribution in [3.8, 4) is 0 Å². The monoisotopic (exact) mass is 456 g/mol. The van der Waals surface area contributed by atoms with E-state index in [-0.39, 0.29) is 5.76 Å². The van der Waals surface area contributed by atoms with Crippen LogP contribution in [-0.2, 0) is 0 Å². The normalized spacial score (nSPS) is 11.1. The van der Waals surface area contributed by atoms with E-state index in [0.717, 1.165) is 8.96 Å². The number of rotatable bonds is 6. The first-order valence-electron chi connectivity index (χ1n) is 7.46. The Balaban J connectivity index is -0.000000298. The van der Waals surface area contributed by atoms with Crippen molar-refractivity contribution in [3.63, 3.8) is 0 Å². The van der Waals surface area contributed by atoms with Crippen molar-refractivity contribution in [1.82, 2.24) is 0 Å². The minimum Gasteiger partial charge on any atom is -0.513 e. The smallest absolute Gasteiger partial charge is 0.0888 e. The lowest BCUT2D eigenvalue weighted by Crippen LogP contribution is -1.71. The van der Waals surface area contributed by atoms with Crippen molar-refractivity contribution in [2.75, 3.05) is 0 Å². The zero-order valence-electron chi connectivity index (χ0n) is 15.2. The molecular weight excluding hydrogens is 428 g/mol. The molecule has 0 saturated heterocycles. The zero-order valence-corrected chi connectivity index (χ0v) is 18.4. The summed E-state index contributed by atoms with van der Waals surface area (Å²) in [7, 11) is 0. The Kier molecular flexibility index (Phi) is 24.9. The summed E-state index contributed by atoms with van der Waals surface area (Å²) in [5.41, 5.74) is 1.38. The number of aliphatic hydroxyl groups is 1. The van der Waals surface area contributed by atoms with Crippen LogP contribution in [0, 0.1) is 0 Å². The third kappa shape index (κ3) is 32.6. The van der Waals surface area contributed by atoms with Gasteiger partial charge in [-0.25, -0.2) is 0 Å². The van der Waals surface area contributed by atoms with Crippen molar-refractivity contribution >= 4 is 31.9 Å². The molecule has 0 heterocycles. The highest BCUT2D eigenvalue weighted by molar-refractivity contribution is 9.12. The van der Waals surface area contributed by atoms with Gasteiger partial charge >= 0.3 is 0 Å². The Morgan fingerprint density at radius 3 is 1.67 bits per heavy atom. The van der Waals surface area contributed by atoms with E-state index in [9.17, 15) is 0 Å². The van der Waals surface area contributed by atoms with Crippen LogP contribution in [0.25, 0.3) is 0 Å². The van der Waals surface area contributed by atoms with Gasteiger partial charge in [-0.1, -0.05) is 99.7 Å². The van der Waals surface area contributed by atoms with E-state index in [0.29, 0.717) is 6.42 Å². The van der Waals surface area contributed by atoms with Gasteiger partial charge in [-0.15, -0.1) is 0 Å². The fourth-order valence-corrected chi connectivity index (χ4v) is 1.63. The maximum atomic E-state index is 8.69. The molecule has 0 saturated carbocycles. The molecule has 1 nitrogen and oxygen atoms in total. The Labute approximate surface area is 165 Å². The van der Waals surface area contributed by atoms with Crippen molar-refractivity contribution < 1.29 is 5.11 Å². The largest absolute Gasteiger partial charge is 0.513 e. The van der Waals surface area contributed by atoms with Crippen molar-refractivity contribution in [2.45, 2.75) is 34.1 Å². The van der Waals surface area contributed by atoms with Gasteiger partial charge in [0, 0.05) is 15.4 Å². The fraction of sp³-hybridized carbons (Fsp3) is 0.238. The Hall–Kier alpha value is -1.32. The molecule has 0 bridgehead atoms. The van der Waals surface area contributed by atoms with Crippen LogP contribution in [0.4, 0.5) is 0 Å². The molecule has 0 aliphatic rings. The molecule has 134 valence electrons. The van der Waals surface area contributed by atoms with Crippen LogP contribution in [0.15, 0.2) is 94.7 Å². The first-order chi connectivity index (χ1) is 11.2. The van der Waals surface area contributed by atoms with Crippen LogP contribution in [0.2, 0.25) is 0 Å². The minimum atomic E-state index is 0.167. The highest BCUT2D eigenvalue weighted by atomic mass is 79.9. The van der Waals surface area contributed by atoms with Gasteiger partial charge in [0.1, 0.15) is 0 Å². The molecule has 0 fully saturated rings. The summed E-state index contributed by atoms with van der Waals surface area (Å²) >= 11 is 6.58. The Morgan fingerprint density at radius 1 is 0.958 bits per heavy atom. The number of aliphatic hydroxyl groups excluding tert-OH is 1. The summed E-state index contributed by atoms with van der Waals surface area (Å²) in [5.74, 6) is 0.167. The van der Waals surface area contributed by atoms with E-state index in [1.54, 1.807) is 12.2 Å². The number of halogens is 2. The number of hydrogen-bond acceptors (Lipinski definition) is 1. The first-order valence-corrected chi connectivity index (χ1v) is 9.05. The predicted octanol–water partition coefficient (Wildman–Crippen LogP) is 8.47. The highest BCUT2D eigenvalue weighted by Crippen LogP contribution is 2.07. The molecule has 0 aliphatic carbocycles. The van der Waals surface area contributed by atoms with Crippen LogP contribution >= 0.6 is 31.9 Å². The summed E-state index contributed by atoms with van der Waals surface area (Å²) in [6, 6.07) is 0. The number of hydrogen-bond donors (Lipinski definition) is 1. The summed E-state index contributed by atoms with van der Waals surface area (Å²) in [4.78, 5) is 0. The topological polar surface area (TPSA) is 20.2 Å². The van der Waals surface area contributed by atoms with Crippen LogP contribution in [0.5, 0.6) is 0 Å². The second-order valence-corrected chi connectivity index (χ2v) is 6.44. The average Bonchev–Trinajstić information content (AvgIpc) is 2.49. The van der Waals surface area contributed by atoms with Gasteiger partial charge in [-0.05, 0) is 39.8 Å². The van der Waals surface area contributed by atoms with Gasteiger partial charge in [0.25, 0.3) is 0 Å². The molecule has 24 heavy (non-hydrogen) atoms. The molecule has 0 aliphatic heterocycles. The molecule has 0 aromatic heterocycles. The summed E-state index contributed by atoms with van der Waals surface area (Å²) in [6.45, 7) is 18.6. The van der Waals surface area contributed by atoms with E-state index in [2.05, 4.69) is 71.5 Å². The maximum absolute atomic E-state index is 8.69. The predicted molar refractivity (Wildman–Crippen MR) is 120 cm³/mol. The molecule has 0 atom stereocenters. The fourth-order valence-electron chi connectivity index (χ4n) is 0.803. The van der Waals surface area contributed by atoms with Gasteiger partial charge < -0.3 is 5.11 Å². The lowest BCUT2D eigenvalue weighted by molar-refractivity contribution is 0.404. The van der Waals surface area contributed by atoms with Gasteiger partial charge in [0.15, 0.2) is 0 Å². The average molecular weight is 458 g/mol. The standard InChI is InChI=1S/C9H11BrO.C7H9Br.C5H10/c1-3-5-9(10)7-4-6-8(2)11;1-3-5-7(8)6-4-2;1-4-5(2)3/h3-5,7,11H,1-2,6H2;3-6H,1H2,2H3;4H,1-3H3/b7-4+,9-5+;6-4+,7-5+;. The molecule has 1 N–H and O–H groups in total. The van der Waals surface area contributed by atoms with Crippen molar-refractivity contribution in [2.24, 2.45) is 0 Å².